The smallest absolute Gasteiger partial charge is 0.324 e. The minimum atomic E-state index is -0.248. The van der Waals surface area contributed by atoms with Crippen molar-refractivity contribution in [3.63, 3.8) is 0 Å². The van der Waals surface area contributed by atoms with E-state index in [1.807, 2.05) is 37.2 Å². The Hall–Kier alpha value is -1.35. The molecular weight excluding hydrogens is 202 g/mol. The predicted octanol–water partition coefficient (Wildman–Crippen LogP) is 1.43. The largest absolute Gasteiger partial charge is 0.463 e. The first-order chi connectivity index (χ1) is 7.55. The molecule has 86 valence electrons. The van der Waals surface area contributed by atoms with Crippen molar-refractivity contribution in [3.8, 4) is 0 Å². The maximum Gasteiger partial charge on any atom is 0.324 e. The third-order valence-corrected chi connectivity index (χ3v) is 3.29. The highest BCUT2D eigenvalue weighted by molar-refractivity contribution is 5.80. The Kier molecular flexibility index (Phi) is 2.72. The van der Waals surface area contributed by atoms with Crippen LogP contribution in [0.3, 0.4) is 0 Å². The zero-order valence-electron chi connectivity index (χ0n) is 9.93. The Labute approximate surface area is 96.0 Å². The van der Waals surface area contributed by atoms with Crippen LogP contribution in [0.15, 0.2) is 30.3 Å². The van der Waals surface area contributed by atoms with E-state index in [9.17, 15) is 4.79 Å². The topological polar surface area (TPSA) is 29.5 Å². The molecular formula is C13H17NO2. The Balaban J connectivity index is 2.41. The van der Waals surface area contributed by atoms with Crippen molar-refractivity contribution in [2.24, 2.45) is 0 Å². The Bertz CT molecular complexity index is 388. The Morgan fingerprint density at radius 3 is 2.50 bits per heavy atom. The first kappa shape index (κ1) is 11.1. The van der Waals surface area contributed by atoms with Crippen molar-refractivity contribution in [1.82, 2.24) is 4.90 Å². The molecule has 2 unspecified atom stereocenters. The van der Waals surface area contributed by atoms with E-state index in [4.69, 9.17) is 4.74 Å². The molecule has 0 saturated carbocycles. The zero-order chi connectivity index (χ0) is 11.8. The van der Waals surface area contributed by atoms with Gasteiger partial charge in [0.1, 0.15) is 12.6 Å². The highest BCUT2D eigenvalue weighted by Crippen LogP contribution is 2.35. The van der Waals surface area contributed by atoms with Crippen LogP contribution in [0.1, 0.15) is 12.5 Å². The third-order valence-electron chi connectivity index (χ3n) is 3.29. The summed E-state index contributed by atoms with van der Waals surface area (Å²) >= 11 is 0. The molecule has 0 spiro atoms. The van der Waals surface area contributed by atoms with Crippen LogP contribution in [-0.4, -0.2) is 37.6 Å². The third kappa shape index (κ3) is 1.61. The number of carbonyl (C=O) groups is 1. The van der Waals surface area contributed by atoms with Gasteiger partial charge in [0.25, 0.3) is 0 Å². The molecule has 0 N–H and O–H groups in total. The minimum Gasteiger partial charge on any atom is -0.463 e. The molecule has 1 fully saturated rings. The summed E-state index contributed by atoms with van der Waals surface area (Å²) in [5, 5.41) is 0. The van der Waals surface area contributed by atoms with Crippen molar-refractivity contribution >= 4 is 5.97 Å². The number of hydrogen-bond acceptors (Lipinski definition) is 3. The predicted molar refractivity (Wildman–Crippen MR) is 62.2 cm³/mol. The van der Waals surface area contributed by atoms with E-state index in [-0.39, 0.29) is 17.4 Å². The molecule has 3 heteroatoms. The molecule has 1 aromatic carbocycles. The molecule has 1 aliphatic heterocycles. The number of carbonyl (C=O) groups excluding carboxylic acids is 1. The molecule has 3 nitrogen and oxygen atoms in total. The minimum absolute atomic E-state index is 0.128. The SMILES string of the molecule is CN(C)C1C(=O)OCC1(C)c1ccccc1. The van der Waals surface area contributed by atoms with Gasteiger partial charge in [-0.2, -0.15) is 0 Å². The number of nitrogens with zero attached hydrogens (tertiary/aromatic N) is 1. The van der Waals surface area contributed by atoms with E-state index in [1.165, 1.54) is 0 Å². The monoisotopic (exact) mass is 219 g/mol. The zero-order valence-corrected chi connectivity index (χ0v) is 9.93. The van der Waals surface area contributed by atoms with Crippen molar-refractivity contribution in [2.45, 2.75) is 18.4 Å². The number of hydrogen-bond donors (Lipinski definition) is 0. The summed E-state index contributed by atoms with van der Waals surface area (Å²) in [7, 11) is 3.83. The fourth-order valence-electron chi connectivity index (χ4n) is 2.48. The summed E-state index contributed by atoms with van der Waals surface area (Å²) in [6, 6.07) is 9.88. The van der Waals surface area contributed by atoms with Gasteiger partial charge in [0, 0.05) is 0 Å². The maximum atomic E-state index is 11.7. The van der Waals surface area contributed by atoms with Gasteiger partial charge >= 0.3 is 5.97 Å². The highest BCUT2D eigenvalue weighted by Gasteiger charge is 2.49. The van der Waals surface area contributed by atoms with Crippen LogP contribution in [0, 0.1) is 0 Å². The molecule has 1 heterocycles. The molecule has 0 aromatic heterocycles. The molecule has 0 bridgehead atoms. The van der Waals surface area contributed by atoms with Crippen LogP contribution in [0.2, 0.25) is 0 Å². The lowest BCUT2D eigenvalue weighted by molar-refractivity contribution is -0.141. The quantitative estimate of drug-likeness (QED) is 0.705. The molecule has 16 heavy (non-hydrogen) atoms. The Morgan fingerprint density at radius 1 is 1.31 bits per heavy atom. The van der Waals surface area contributed by atoms with Gasteiger partial charge in [0.05, 0.1) is 5.41 Å². The summed E-state index contributed by atoms with van der Waals surface area (Å²) in [6.07, 6.45) is 0. The van der Waals surface area contributed by atoms with Crippen molar-refractivity contribution in [3.05, 3.63) is 35.9 Å². The first-order valence-electron chi connectivity index (χ1n) is 5.44. The maximum absolute atomic E-state index is 11.7. The second-order valence-corrected chi connectivity index (χ2v) is 4.76. The number of cyclic esters (lactones) is 1. The van der Waals surface area contributed by atoms with Crippen LogP contribution < -0.4 is 0 Å². The normalized spacial score (nSPS) is 29.5. The lowest BCUT2D eigenvalue weighted by atomic mass is 9.77. The van der Waals surface area contributed by atoms with Crippen LogP contribution in [0.5, 0.6) is 0 Å². The number of rotatable bonds is 2. The van der Waals surface area contributed by atoms with Gasteiger partial charge in [-0.15, -0.1) is 0 Å². The van der Waals surface area contributed by atoms with E-state index in [0.717, 1.165) is 5.56 Å². The van der Waals surface area contributed by atoms with Gasteiger partial charge in [-0.25, -0.2) is 0 Å². The van der Waals surface area contributed by atoms with Crippen LogP contribution in [0.25, 0.3) is 0 Å². The molecule has 0 aliphatic carbocycles. The summed E-state index contributed by atoms with van der Waals surface area (Å²) in [5.41, 5.74) is 0.904. The average Bonchev–Trinajstić information content (AvgIpc) is 2.57. The van der Waals surface area contributed by atoms with Crippen molar-refractivity contribution < 1.29 is 9.53 Å². The van der Waals surface area contributed by atoms with Crippen LogP contribution in [0.4, 0.5) is 0 Å². The lowest BCUT2D eigenvalue weighted by Crippen LogP contribution is -2.46. The fourth-order valence-corrected chi connectivity index (χ4v) is 2.48. The van der Waals surface area contributed by atoms with E-state index >= 15 is 0 Å². The van der Waals surface area contributed by atoms with Gasteiger partial charge < -0.3 is 4.74 Å². The number of likely N-dealkylation sites (N-methyl/N-ethyl adjacent to an activating group) is 1. The second kappa shape index (κ2) is 3.91. The van der Waals surface area contributed by atoms with Crippen LogP contribution in [-0.2, 0) is 14.9 Å². The van der Waals surface area contributed by atoms with Gasteiger partial charge in [0.2, 0.25) is 0 Å². The standard InChI is InChI=1S/C13H17NO2/c1-13(10-7-5-4-6-8-10)9-16-12(15)11(13)14(2)3/h4-8,11H,9H2,1-3H3. The van der Waals surface area contributed by atoms with Gasteiger partial charge in [0.15, 0.2) is 0 Å². The number of benzene rings is 1. The van der Waals surface area contributed by atoms with Crippen molar-refractivity contribution in [1.29, 1.82) is 0 Å². The molecule has 1 aromatic rings. The number of esters is 1. The number of ether oxygens (including phenoxy) is 1. The summed E-state index contributed by atoms with van der Waals surface area (Å²) < 4.78 is 5.22. The van der Waals surface area contributed by atoms with Gasteiger partial charge in [-0.1, -0.05) is 37.3 Å². The van der Waals surface area contributed by atoms with Crippen LogP contribution >= 0.6 is 0 Å². The molecule has 2 atom stereocenters. The second-order valence-electron chi connectivity index (χ2n) is 4.76. The van der Waals surface area contributed by atoms with E-state index < -0.39 is 0 Å². The van der Waals surface area contributed by atoms with Gasteiger partial charge in [-0.3, -0.25) is 9.69 Å². The van der Waals surface area contributed by atoms with E-state index in [2.05, 4.69) is 19.1 Å². The van der Waals surface area contributed by atoms with E-state index in [1.54, 1.807) is 0 Å². The van der Waals surface area contributed by atoms with Crippen molar-refractivity contribution in [2.75, 3.05) is 20.7 Å². The molecule has 1 saturated heterocycles. The van der Waals surface area contributed by atoms with E-state index in [0.29, 0.717) is 6.61 Å². The molecule has 0 radical (unpaired) electrons. The lowest BCUT2D eigenvalue weighted by Gasteiger charge is -2.31. The summed E-state index contributed by atoms with van der Waals surface area (Å²) in [4.78, 5) is 13.7. The fraction of sp³-hybridized carbons (Fsp3) is 0.462. The molecule has 2 rings (SSSR count). The first-order valence-corrected chi connectivity index (χ1v) is 5.44. The highest BCUT2D eigenvalue weighted by atomic mass is 16.5. The van der Waals surface area contributed by atoms with Gasteiger partial charge in [-0.05, 0) is 19.7 Å². The summed E-state index contributed by atoms with van der Waals surface area (Å²) in [6.45, 7) is 2.54. The molecule has 0 amide bonds. The average molecular weight is 219 g/mol. The molecule has 1 aliphatic rings. The summed E-state index contributed by atoms with van der Waals surface area (Å²) in [5.74, 6) is -0.128. The Morgan fingerprint density at radius 2 is 1.94 bits per heavy atom.